The molecule has 4 unspecified atom stereocenters. The summed E-state index contributed by atoms with van der Waals surface area (Å²) in [4.78, 5) is 60.0. The largest absolute Gasteiger partial charge is 0.508 e. The first kappa shape index (κ1) is 28.7. The lowest BCUT2D eigenvalue weighted by Gasteiger charge is -2.23. The molecule has 9 N–H and O–H groups in total. The number of carboxylic acids is 1. The van der Waals surface area contributed by atoms with Crippen LogP contribution in [0, 0.1) is 0 Å². The first-order chi connectivity index (χ1) is 15.9. The molecule has 13 heteroatoms. The van der Waals surface area contributed by atoms with Gasteiger partial charge in [-0.05, 0) is 43.0 Å². The van der Waals surface area contributed by atoms with Gasteiger partial charge in [-0.15, -0.1) is 0 Å². The van der Waals surface area contributed by atoms with Gasteiger partial charge in [0.25, 0.3) is 0 Å². The maximum Gasteiger partial charge on any atom is 0.326 e. The fourth-order valence-electron chi connectivity index (χ4n) is 2.84. The van der Waals surface area contributed by atoms with E-state index in [0.29, 0.717) is 11.3 Å². The van der Waals surface area contributed by atoms with Gasteiger partial charge in [0.1, 0.15) is 23.9 Å². The molecule has 0 saturated heterocycles. The van der Waals surface area contributed by atoms with Crippen molar-refractivity contribution in [3.8, 4) is 5.75 Å². The molecule has 12 nitrogen and oxygen atoms in total. The van der Waals surface area contributed by atoms with Crippen molar-refractivity contribution in [2.75, 3.05) is 12.0 Å². The molecule has 188 valence electrons. The Labute approximate surface area is 201 Å². The third-order valence-electron chi connectivity index (χ3n) is 4.74. The number of rotatable bonds is 14. The molecule has 0 spiro atoms. The van der Waals surface area contributed by atoms with Gasteiger partial charge in [-0.25, -0.2) is 4.79 Å². The van der Waals surface area contributed by atoms with E-state index in [1.165, 1.54) is 43.0 Å². The number of carbonyl (C=O) groups is 5. The lowest BCUT2D eigenvalue weighted by atomic mass is 10.1. The summed E-state index contributed by atoms with van der Waals surface area (Å²) >= 11 is 1.44. The molecule has 1 rings (SSSR count). The van der Waals surface area contributed by atoms with Gasteiger partial charge in [-0.3, -0.25) is 19.2 Å². The second-order valence-electron chi connectivity index (χ2n) is 7.62. The van der Waals surface area contributed by atoms with E-state index in [-0.39, 0.29) is 25.0 Å². The molecule has 0 aromatic heterocycles. The Kier molecular flexibility index (Phi) is 11.9. The topological polar surface area (TPSA) is 214 Å². The van der Waals surface area contributed by atoms with Gasteiger partial charge in [0.15, 0.2) is 0 Å². The van der Waals surface area contributed by atoms with Crippen molar-refractivity contribution in [1.82, 2.24) is 16.0 Å². The van der Waals surface area contributed by atoms with Crippen LogP contribution in [0.5, 0.6) is 5.75 Å². The average molecular weight is 498 g/mol. The van der Waals surface area contributed by atoms with E-state index in [1.54, 1.807) is 0 Å². The third-order valence-corrected chi connectivity index (χ3v) is 5.39. The van der Waals surface area contributed by atoms with Gasteiger partial charge in [0.2, 0.25) is 23.6 Å². The fourth-order valence-corrected chi connectivity index (χ4v) is 3.31. The van der Waals surface area contributed by atoms with E-state index in [0.717, 1.165) is 0 Å². The number of carbonyl (C=O) groups excluding carboxylic acids is 4. The molecule has 0 aliphatic carbocycles. The van der Waals surface area contributed by atoms with Crippen LogP contribution < -0.4 is 27.4 Å². The number of hydrogen-bond acceptors (Lipinski definition) is 8. The van der Waals surface area contributed by atoms with E-state index in [2.05, 4.69) is 16.0 Å². The number of primary amides is 1. The summed E-state index contributed by atoms with van der Waals surface area (Å²) in [7, 11) is 0. The number of amides is 4. The zero-order valence-electron chi connectivity index (χ0n) is 18.9. The molecule has 0 fully saturated rings. The van der Waals surface area contributed by atoms with Crippen LogP contribution in [0.25, 0.3) is 0 Å². The summed E-state index contributed by atoms with van der Waals surface area (Å²) in [5.41, 5.74) is 11.2. The molecule has 34 heavy (non-hydrogen) atoms. The molecular weight excluding hydrogens is 466 g/mol. The highest BCUT2D eigenvalue weighted by atomic mass is 32.2. The minimum atomic E-state index is -1.27. The molecule has 1 aromatic rings. The molecule has 0 saturated carbocycles. The molecule has 4 amide bonds. The number of benzene rings is 1. The second kappa shape index (κ2) is 14.1. The Bertz CT molecular complexity index is 881. The minimum absolute atomic E-state index is 0.0229. The Morgan fingerprint density at radius 3 is 2.09 bits per heavy atom. The molecule has 0 aliphatic heterocycles. The molecular formula is C21H31N5O7S. The number of phenolic OH excluding ortho intramolecular Hbond substituents is 1. The Hall–Kier alpha value is -3.32. The molecule has 0 bridgehead atoms. The van der Waals surface area contributed by atoms with E-state index < -0.39 is 53.8 Å². The lowest BCUT2D eigenvalue weighted by Crippen LogP contribution is -2.56. The highest BCUT2D eigenvalue weighted by molar-refractivity contribution is 7.98. The number of nitrogens with two attached hydrogens (primary N) is 2. The van der Waals surface area contributed by atoms with Crippen molar-refractivity contribution in [2.45, 2.75) is 50.4 Å². The molecule has 0 aliphatic rings. The SMILES string of the molecule is CSCCC(NC(=O)C(N)CC(N)=O)C(=O)NC(C)C(=O)NC(Cc1ccc(O)cc1)C(=O)O. The molecule has 4 atom stereocenters. The third kappa shape index (κ3) is 10.1. The number of thioether (sulfide) groups is 1. The lowest BCUT2D eigenvalue weighted by molar-refractivity contribution is -0.142. The quantitative estimate of drug-likeness (QED) is 0.158. The second-order valence-corrected chi connectivity index (χ2v) is 8.61. The van der Waals surface area contributed by atoms with Gasteiger partial charge < -0.3 is 37.6 Å². The Balaban J connectivity index is 2.77. The summed E-state index contributed by atoms with van der Waals surface area (Å²) in [5, 5.41) is 26.1. The normalized spacial score (nSPS) is 14.2. The summed E-state index contributed by atoms with van der Waals surface area (Å²) in [6.07, 6.45) is 1.62. The summed E-state index contributed by atoms with van der Waals surface area (Å²) in [5.74, 6) is -3.64. The van der Waals surface area contributed by atoms with Crippen LogP contribution in [-0.2, 0) is 30.4 Å². The van der Waals surface area contributed by atoms with Crippen LogP contribution in [0.4, 0.5) is 0 Å². The van der Waals surface area contributed by atoms with Crippen LogP contribution in [0.3, 0.4) is 0 Å². The van der Waals surface area contributed by atoms with Crippen molar-refractivity contribution in [2.24, 2.45) is 11.5 Å². The van der Waals surface area contributed by atoms with E-state index in [1.807, 2.05) is 6.26 Å². The number of hydrogen-bond donors (Lipinski definition) is 7. The predicted molar refractivity (Wildman–Crippen MR) is 126 cm³/mol. The van der Waals surface area contributed by atoms with E-state index in [9.17, 15) is 34.2 Å². The summed E-state index contributed by atoms with van der Waals surface area (Å²) in [6.45, 7) is 1.37. The highest BCUT2D eigenvalue weighted by Crippen LogP contribution is 2.11. The van der Waals surface area contributed by atoms with Crippen LogP contribution in [0.15, 0.2) is 24.3 Å². The number of aromatic hydroxyl groups is 1. The first-order valence-electron chi connectivity index (χ1n) is 10.4. The van der Waals surface area contributed by atoms with Gasteiger partial charge >= 0.3 is 5.97 Å². The Morgan fingerprint density at radius 1 is 0.971 bits per heavy atom. The van der Waals surface area contributed by atoms with Gasteiger partial charge in [-0.2, -0.15) is 11.8 Å². The van der Waals surface area contributed by atoms with Crippen molar-refractivity contribution >= 4 is 41.4 Å². The van der Waals surface area contributed by atoms with Crippen molar-refractivity contribution in [1.29, 1.82) is 0 Å². The van der Waals surface area contributed by atoms with Crippen LogP contribution in [0.1, 0.15) is 25.3 Å². The fraction of sp³-hybridized carbons (Fsp3) is 0.476. The van der Waals surface area contributed by atoms with Gasteiger partial charge in [0.05, 0.1) is 12.5 Å². The molecule has 0 radical (unpaired) electrons. The van der Waals surface area contributed by atoms with Gasteiger partial charge in [-0.1, -0.05) is 12.1 Å². The Morgan fingerprint density at radius 2 is 1.56 bits per heavy atom. The van der Waals surface area contributed by atoms with Gasteiger partial charge in [0, 0.05) is 6.42 Å². The zero-order chi connectivity index (χ0) is 25.8. The maximum absolute atomic E-state index is 12.7. The first-order valence-corrected chi connectivity index (χ1v) is 11.8. The smallest absolute Gasteiger partial charge is 0.326 e. The van der Waals surface area contributed by atoms with Crippen molar-refractivity contribution in [3.05, 3.63) is 29.8 Å². The van der Waals surface area contributed by atoms with Crippen LogP contribution in [0.2, 0.25) is 0 Å². The monoisotopic (exact) mass is 497 g/mol. The minimum Gasteiger partial charge on any atom is -0.508 e. The number of aliphatic carboxylic acids is 1. The predicted octanol–water partition coefficient (Wildman–Crippen LogP) is -1.55. The number of nitrogens with one attached hydrogen (secondary N) is 3. The van der Waals surface area contributed by atoms with Crippen molar-refractivity contribution < 1.29 is 34.2 Å². The van der Waals surface area contributed by atoms with E-state index >= 15 is 0 Å². The van der Waals surface area contributed by atoms with Crippen LogP contribution >= 0.6 is 11.8 Å². The number of carboxylic acid groups (broad SMARTS) is 1. The summed E-state index contributed by atoms with van der Waals surface area (Å²) < 4.78 is 0. The van der Waals surface area contributed by atoms with Crippen LogP contribution in [-0.4, -0.2) is 76.0 Å². The maximum atomic E-state index is 12.7. The summed E-state index contributed by atoms with van der Waals surface area (Å²) in [6, 6.07) is 1.24. The highest BCUT2D eigenvalue weighted by Gasteiger charge is 2.28. The standard InChI is InChI=1S/C21H31N5O7S/c1-11(18(29)26-16(21(32)33)9-12-3-5-13(27)6-4-12)24-20(31)15(7-8-34-2)25-19(30)14(22)10-17(23)28/h3-6,11,14-16,27H,7-10,22H2,1-2H3,(H2,23,28)(H,24,31)(H,25,30)(H,26,29)(H,32,33). The van der Waals surface area contributed by atoms with Crippen molar-refractivity contribution in [3.63, 3.8) is 0 Å². The zero-order valence-corrected chi connectivity index (χ0v) is 19.8. The molecule has 1 aromatic carbocycles. The number of phenols is 1. The van der Waals surface area contributed by atoms with E-state index in [4.69, 9.17) is 11.5 Å². The molecule has 0 heterocycles. The average Bonchev–Trinajstić information content (AvgIpc) is 2.76.